The standard InChI is InChI=1S/C16H22F3NO2/c1-12(21)14-5-3-7-20(10-14)9-13-4-2-6-15(8-13)22-11-16(17,18)19/h2,4,6,8,12,14,21H,3,5,7,9-11H2,1H3. The molecule has 0 spiro atoms. The van der Waals surface area contributed by atoms with Crippen molar-refractivity contribution in [3.63, 3.8) is 0 Å². The van der Waals surface area contributed by atoms with Crippen LogP contribution in [0.25, 0.3) is 0 Å². The van der Waals surface area contributed by atoms with Gasteiger partial charge in [-0.2, -0.15) is 13.2 Å². The van der Waals surface area contributed by atoms with Crippen LogP contribution in [0.5, 0.6) is 5.75 Å². The molecule has 0 saturated carbocycles. The largest absolute Gasteiger partial charge is 0.484 e. The maximum Gasteiger partial charge on any atom is 0.422 e. The second-order valence-corrected chi connectivity index (χ2v) is 5.93. The molecule has 1 N–H and O–H groups in total. The van der Waals surface area contributed by atoms with E-state index in [4.69, 9.17) is 4.74 Å². The number of nitrogens with zero attached hydrogens (tertiary/aromatic N) is 1. The smallest absolute Gasteiger partial charge is 0.422 e. The van der Waals surface area contributed by atoms with Crippen molar-refractivity contribution in [2.24, 2.45) is 5.92 Å². The number of hydrogen-bond acceptors (Lipinski definition) is 3. The molecule has 6 heteroatoms. The van der Waals surface area contributed by atoms with Crippen LogP contribution in [-0.4, -0.2) is 42.0 Å². The molecule has 1 saturated heterocycles. The van der Waals surface area contributed by atoms with Gasteiger partial charge in [-0.15, -0.1) is 0 Å². The Labute approximate surface area is 128 Å². The van der Waals surface area contributed by atoms with Gasteiger partial charge in [-0.3, -0.25) is 4.90 Å². The quantitative estimate of drug-likeness (QED) is 0.905. The Bertz CT molecular complexity index is 477. The Kier molecular flexibility index (Phi) is 5.69. The molecule has 0 bridgehead atoms. The lowest BCUT2D eigenvalue weighted by Crippen LogP contribution is -2.39. The first kappa shape index (κ1) is 17.1. The second kappa shape index (κ2) is 7.33. The Balaban J connectivity index is 1.92. The van der Waals surface area contributed by atoms with Crippen molar-refractivity contribution in [3.8, 4) is 5.75 Å². The van der Waals surface area contributed by atoms with Crippen molar-refractivity contribution in [2.75, 3.05) is 19.7 Å². The first-order chi connectivity index (χ1) is 10.3. The lowest BCUT2D eigenvalue weighted by atomic mass is 9.93. The number of halogens is 3. The predicted octanol–water partition coefficient (Wildman–Crippen LogP) is 3.22. The van der Waals surface area contributed by atoms with E-state index in [1.54, 1.807) is 19.1 Å². The zero-order valence-electron chi connectivity index (χ0n) is 12.6. The molecule has 22 heavy (non-hydrogen) atoms. The predicted molar refractivity (Wildman–Crippen MR) is 77.7 cm³/mol. The third kappa shape index (κ3) is 5.50. The van der Waals surface area contributed by atoms with Gasteiger partial charge < -0.3 is 9.84 Å². The highest BCUT2D eigenvalue weighted by Crippen LogP contribution is 2.23. The lowest BCUT2D eigenvalue weighted by molar-refractivity contribution is -0.153. The van der Waals surface area contributed by atoms with E-state index in [9.17, 15) is 18.3 Å². The highest BCUT2D eigenvalue weighted by atomic mass is 19.4. The molecule has 3 nitrogen and oxygen atoms in total. The van der Waals surface area contributed by atoms with Gasteiger partial charge in [0, 0.05) is 13.1 Å². The molecule has 1 aromatic rings. The van der Waals surface area contributed by atoms with E-state index in [2.05, 4.69) is 4.90 Å². The van der Waals surface area contributed by atoms with Crippen molar-refractivity contribution in [1.29, 1.82) is 0 Å². The maximum absolute atomic E-state index is 12.2. The average molecular weight is 317 g/mol. The number of alkyl halides is 3. The third-order valence-corrected chi connectivity index (χ3v) is 3.93. The van der Waals surface area contributed by atoms with E-state index in [1.807, 2.05) is 6.07 Å². The summed E-state index contributed by atoms with van der Waals surface area (Å²) in [7, 11) is 0. The van der Waals surface area contributed by atoms with E-state index in [0.717, 1.165) is 31.5 Å². The van der Waals surface area contributed by atoms with Crippen molar-refractivity contribution in [1.82, 2.24) is 4.90 Å². The topological polar surface area (TPSA) is 32.7 Å². The van der Waals surface area contributed by atoms with Gasteiger partial charge in [0.1, 0.15) is 5.75 Å². The normalized spacial score (nSPS) is 21.6. The SMILES string of the molecule is CC(O)C1CCCN(Cc2cccc(OCC(F)(F)F)c2)C1. The van der Waals surface area contributed by atoms with Crippen molar-refractivity contribution in [3.05, 3.63) is 29.8 Å². The fourth-order valence-corrected chi connectivity index (χ4v) is 2.79. The molecule has 2 atom stereocenters. The van der Waals surface area contributed by atoms with Crippen LogP contribution in [0.4, 0.5) is 13.2 Å². The van der Waals surface area contributed by atoms with Crippen LogP contribution in [0.15, 0.2) is 24.3 Å². The molecule has 1 fully saturated rings. The summed E-state index contributed by atoms with van der Waals surface area (Å²) >= 11 is 0. The number of rotatable bonds is 5. The summed E-state index contributed by atoms with van der Waals surface area (Å²) in [6.45, 7) is 2.94. The number of hydrogen-bond donors (Lipinski definition) is 1. The van der Waals surface area contributed by atoms with Crippen LogP contribution in [-0.2, 0) is 6.54 Å². The zero-order valence-corrected chi connectivity index (χ0v) is 12.6. The van der Waals surface area contributed by atoms with Gasteiger partial charge in [0.15, 0.2) is 6.61 Å². The summed E-state index contributed by atoms with van der Waals surface area (Å²) in [5.74, 6) is 0.498. The van der Waals surface area contributed by atoms with E-state index < -0.39 is 12.8 Å². The molecule has 0 aliphatic carbocycles. The van der Waals surface area contributed by atoms with Crippen LogP contribution < -0.4 is 4.74 Å². The summed E-state index contributed by atoms with van der Waals surface area (Å²) in [4.78, 5) is 2.23. The molecule has 0 radical (unpaired) electrons. The van der Waals surface area contributed by atoms with Gasteiger partial charge in [-0.25, -0.2) is 0 Å². The van der Waals surface area contributed by atoms with Gasteiger partial charge in [0.2, 0.25) is 0 Å². The highest BCUT2D eigenvalue weighted by Gasteiger charge is 2.28. The van der Waals surface area contributed by atoms with Crippen molar-refractivity contribution in [2.45, 2.75) is 38.6 Å². The number of piperidine rings is 1. The molecule has 2 unspecified atom stereocenters. The number of benzene rings is 1. The Morgan fingerprint density at radius 1 is 1.41 bits per heavy atom. The minimum Gasteiger partial charge on any atom is -0.484 e. The molecular formula is C16H22F3NO2. The van der Waals surface area contributed by atoms with Gasteiger partial charge in [-0.05, 0) is 49.9 Å². The second-order valence-electron chi connectivity index (χ2n) is 5.93. The molecule has 1 aromatic carbocycles. The summed E-state index contributed by atoms with van der Waals surface area (Å²) in [6, 6.07) is 6.77. The third-order valence-electron chi connectivity index (χ3n) is 3.93. The molecule has 1 aliphatic heterocycles. The summed E-state index contributed by atoms with van der Waals surface area (Å²) in [6.07, 6.45) is -2.61. The van der Waals surface area contributed by atoms with Crippen molar-refractivity contribution < 1.29 is 23.0 Å². The summed E-state index contributed by atoms with van der Waals surface area (Å²) in [5.41, 5.74) is 0.922. The van der Waals surface area contributed by atoms with Gasteiger partial charge in [0.25, 0.3) is 0 Å². The molecule has 0 aromatic heterocycles. The van der Waals surface area contributed by atoms with E-state index >= 15 is 0 Å². The maximum atomic E-state index is 12.2. The van der Waals surface area contributed by atoms with Gasteiger partial charge >= 0.3 is 6.18 Å². The first-order valence-electron chi connectivity index (χ1n) is 7.52. The van der Waals surface area contributed by atoms with Crippen LogP contribution in [0.1, 0.15) is 25.3 Å². The van der Waals surface area contributed by atoms with Crippen LogP contribution >= 0.6 is 0 Å². The molecule has 2 rings (SSSR count). The van der Waals surface area contributed by atoms with E-state index in [0.29, 0.717) is 6.54 Å². The zero-order chi connectivity index (χ0) is 16.2. The molecule has 124 valence electrons. The fraction of sp³-hybridized carbons (Fsp3) is 0.625. The first-order valence-corrected chi connectivity index (χ1v) is 7.52. The molecule has 0 amide bonds. The number of aliphatic hydroxyl groups excluding tert-OH is 1. The summed E-state index contributed by atoms with van der Waals surface area (Å²) < 4.78 is 41.3. The average Bonchev–Trinajstić information content (AvgIpc) is 2.45. The Morgan fingerprint density at radius 2 is 2.18 bits per heavy atom. The number of likely N-dealkylation sites (tertiary alicyclic amines) is 1. The molecular weight excluding hydrogens is 295 g/mol. The number of ether oxygens (including phenoxy) is 1. The minimum atomic E-state index is -4.33. The molecule has 1 heterocycles. The Morgan fingerprint density at radius 3 is 2.86 bits per heavy atom. The summed E-state index contributed by atoms with van der Waals surface area (Å²) in [5, 5.41) is 9.70. The van der Waals surface area contributed by atoms with Crippen LogP contribution in [0, 0.1) is 5.92 Å². The highest BCUT2D eigenvalue weighted by molar-refractivity contribution is 5.28. The van der Waals surface area contributed by atoms with E-state index in [1.165, 1.54) is 6.07 Å². The van der Waals surface area contributed by atoms with Crippen molar-refractivity contribution >= 4 is 0 Å². The Hall–Kier alpha value is -1.27. The van der Waals surface area contributed by atoms with Crippen LogP contribution in [0.2, 0.25) is 0 Å². The monoisotopic (exact) mass is 317 g/mol. The lowest BCUT2D eigenvalue weighted by Gasteiger charge is -2.34. The van der Waals surface area contributed by atoms with E-state index in [-0.39, 0.29) is 17.8 Å². The van der Waals surface area contributed by atoms with Gasteiger partial charge in [0.05, 0.1) is 6.10 Å². The fourth-order valence-electron chi connectivity index (χ4n) is 2.79. The van der Waals surface area contributed by atoms with Gasteiger partial charge in [-0.1, -0.05) is 12.1 Å². The molecule has 1 aliphatic rings. The number of aliphatic hydroxyl groups is 1. The van der Waals surface area contributed by atoms with Crippen LogP contribution in [0.3, 0.4) is 0 Å². The minimum absolute atomic E-state index is 0.235.